The molecule has 1 atom stereocenters. The molecule has 1 amide bonds. The molecular formula is C8H12INO2. The van der Waals surface area contributed by atoms with E-state index in [4.69, 9.17) is 5.11 Å². The fraction of sp³-hybridized carbons (Fsp3) is 0.625. The third-order valence-electron chi connectivity index (χ3n) is 1.38. The predicted molar refractivity (Wildman–Crippen MR) is 56.3 cm³/mol. The molecule has 68 valence electrons. The van der Waals surface area contributed by atoms with Gasteiger partial charge in [0.05, 0.1) is 0 Å². The van der Waals surface area contributed by atoms with Crippen LogP contribution in [0.5, 0.6) is 0 Å². The van der Waals surface area contributed by atoms with Crippen molar-refractivity contribution in [2.24, 2.45) is 0 Å². The van der Waals surface area contributed by atoms with Gasteiger partial charge in [0.15, 0.2) is 0 Å². The van der Waals surface area contributed by atoms with E-state index in [9.17, 15) is 4.79 Å². The predicted octanol–water partition coefficient (Wildman–Crippen LogP) is 2.21. The third-order valence-corrected chi connectivity index (χ3v) is 1.76. The van der Waals surface area contributed by atoms with E-state index in [1.54, 1.807) is 0 Å². The Kier molecular flexibility index (Phi) is 6.96. The van der Waals surface area contributed by atoms with Crippen molar-refractivity contribution in [3.63, 3.8) is 0 Å². The highest BCUT2D eigenvalue weighted by Crippen LogP contribution is 2.00. The van der Waals surface area contributed by atoms with Gasteiger partial charge in [-0.1, -0.05) is 19.3 Å². The van der Waals surface area contributed by atoms with Gasteiger partial charge in [-0.15, -0.1) is 0 Å². The summed E-state index contributed by atoms with van der Waals surface area (Å²) in [5.74, 6) is 2.85. The maximum Gasteiger partial charge on any atom is 0.404 e. The first-order valence-electron chi connectivity index (χ1n) is 3.78. The molecule has 0 rings (SSSR count). The minimum Gasteiger partial charge on any atom is -0.465 e. The van der Waals surface area contributed by atoms with E-state index in [0.29, 0.717) is 6.42 Å². The number of hydrogen-bond acceptors (Lipinski definition) is 1. The molecule has 0 aliphatic rings. The van der Waals surface area contributed by atoms with Crippen molar-refractivity contribution >= 4 is 28.7 Å². The van der Waals surface area contributed by atoms with Gasteiger partial charge in [0.1, 0.15) is 0 Å². The molecule has 12 heavy (non-hydrogen) atoms. The average molecular weight is 281 g/mol. The highest BCUT2D eigenvalue weighted by atomic mass is 127. The van der Waals surface area contributed by atoms with Crippen LogP contribution in [0.1, 0.15) is 26.2 Å². The van der Waals surface area contributed by atoms with Crippen molar-refractivity contribution in [1.29, 1.82) is 0 Å². The molecule has 3 nitrogen and oxygen atoms in total. The Morgan fingerprint density at radius 3 is 2.83 bits per heavy atom. The molecule has 0 fully saturated rings. The quantitative estimate of drug-likeness (QED) is 0.613. The molecule has 1 unspecified atom stereocenters. The number of hydrogen-bond donors (Lipinski definition) is 2. The van der Waals surface area contributed by atoms with Crippen molar-refractivity contribution in [3.8, 4) is 9.85 Å². The van der Waals surface area contributed by atoms with Crippen LogP contribution >= 0.6 is 22.6 Å². The first-order valence-corrected chi connectivity index (χ1v) is 4.86. The summed E-state index contributed by atoms with van der Waals surface area (Å²) < 4.78 is 2.72. The number of nitrogens with one attached hydrogen (secondary N) is 1. The maximum absolute atomic E-state index is 10.3. The van der Waals surface area contributed by atoms with E-state index in [1.165, 1.54) is 0 Å². The van der Waals surface area contributed by atoms with E-state index in [0.717, 1.165) is 12.8 Å². The second kappa shape index (κ2) is 7.22. The van der Waals surface area contributed by atoms with Gasteiger partial charge in [-0.2, -0.15) is 0 Å². The van der Waals surface area contributed by atoms with Crippen molar-refractivity contribution in [1.82, 2.24) is 5.32 Å². The second-order valence-corrected chi connectivity index (χ2v) is 2.95. The zero-order chi connectivity index (χ0) is 9.40. The molecule has 0 spiro atoms. The van der Waals surface area contributed by atoms with E-state index in [1.807, 2.05) is 29.5 Å². The second-order valence-electron chi connectivity index (χ2n) is 2.41. The van der Waals surface area contributed by atoms with Crippen LogP contribution in [0.25, 0.3) is 0 Å². The van der Waals surface area contributed by atoms with Crippen LogP contribution in [0, 0.1) is 9.85 Å². The molecule has 2 N–H and O–H groups in total. The van der Waals surface area contributed by atoms with Gasteiger partial charge in [0.25, 0.3) is 0 Å². The van der Waals surface area contributed by atoms with Crippen molar-refractivity contribution < 1.29 is 9.90 Å². The Bertz CT molecular complexity index is 195. The molecule has 0 aromatic carbocycles. The van der Waals surface area contributed by atoms with E-state index in [-0.39, 0.29) is 6.04 Å². The minimum atomic E-state index is -0.969. The summed E-state index contributed by atoms with van der Waals surface area (Å²) in [4.78, 5) is 10.3. The first kappa shape index (κ1) is 11.6. The van der Waals surface area contributed by atoms with E-state index < -0.39 is 6.09 Å². The summed E-state index contributed by atoms with van der Waals surface area (Å²) in [5, 5.41) is 10.9. The number of amides is 1. The summed E-state index contributed by atoms with van der Waals surface area (Å²) in [6, 6.07) is -0.0187. The number of carbonyl (C=O) groups is 1. The number of carboxylic acid groups (broad SMARTS) is 1. The van der Waals surface area contributed by atoms with Crippen LogP contribution < -0.4 is 5.32 Å². The van der Waals surface area contributed by atoms with Crippen LogP contribution in [-0.4, -0.2) is 17.2 Å². The Balaban J connectivity index is 3.82. The van der Waals surface area contributed by atoms with Gasteiger partial charge in [0.2, 0.25) is 0 Å². The van der Waals surface area contributed by atoms with Crippen LogP contribution in [0.15, 0.2) is 0 Å². The minimum absolute atomic E-state index is 0.0187. The fourth-order valence-corrected chi connectivity index (χ4v) is 1.13. The van der Waals surface area contributed by atoms with Crippen molar-refractivity contribution in [2.45, 2.75) is 32.2 Å². The molecular weight excluding hydrogens is 269 g/mol. The lowest BCUT2D eigenvalue weighted by atomic mass is 10.1. The third kappa shape index (κ3) is 6.28. The van der Waals surface area contributed by atoms with Crippen LogP contribution in [-0.2, 0) is 0 Å². The lowest BCUT2D eigenvalue weighted by Gasteiger charge is -2.11. The summed E-state index contributed by atoms with van der Waals surface area (Å²) in [5.41, 5.74) is 0. The molecule has 4 heteroatoms. The molecule has 0 radical (unpaired) electrons. The standard InChI is InChI=1S/C8H12INO2/c1-2-4-7(5-3-6-9)10-8(11)12/h7,10H,2,4-5H2,1H3,(H,11,12). The van der Waals surface area contributed by atoms with Crippen molar-refractivity contribution in [3.05, 3.63) is 0 Å². The monoisotopic (exact) mass is 281 g/mol. The number of halogens is 1. The SMILES string of the molecule is CCCC(CC#CI)NC(=O)O. The normalized spacial score (nSPS) is 11.2. The summed E-state index contributed by atoms with van der Waals surface area (Å²) >= 11 is 1.95. The van der Waals surface area contributed by atoms with Gasteiger partial charge in [-0.05, 0) is 10.3 Å². The van der Waals surface area contributed by atoms with Gasteiger partial charge in [0, 0.05) is 35.1 Å². The molecule has 0 saturated heterocycles. The Hall–Kier alpha value is -0.440. The highest BCUT2D eigenvalue weighted by Gasteiger charge is 2.07. The molecule has 0 aliphatic carbocycles. The summed E-state index contributed by atoms with van der Waals surface area (Å²) in [6.45, 7) is 2.02. The highest BCUT2D eigenvalue weighted by molar-refractivity contribution is 14.1. The summed E-state index contributed by atoms with van der Waals surface area (Å²) in [6.07, 6.45) is 1.44. The van der Waals surface area contributed by atoms with Crippen LogP contribution in [0.2, 0.25) is 0 Å². The smallest absolute Gasteiger partial charge is 0.404 e. The Morgan fingerprint density at radius 1 is 1.75 bits per heavy atom. The largest absolute Gasteiger partial charge is 0.465 e. The van der Waals surface area contributed by atoms with Crippen LogP contribution in [0.3, 0.4) is 0 Å². The van der Waals surface area contributed by atoms with Gasteiger partial charge >= 0.3 is 6.09 Å². The summed E-state index contributed by atoms with van der Waals surface area (Å²) in [7, 11) is 0. The zero-order valence-electron chi connectivity index (χ0n) is 6.93. The lowest BCUT2D eigenvalue weighted by molar-refractivity contribution is 0.189. The average Bonchev–Trinajstić information content (AvgIpc) is 2.00. The topological polar surface area (TPSA) is 49.3 Å². The maximum atomic E-state index is 10.3. The Morgan fingerprint density at radius 2 is 2.42 bits per heavy atom. The molecule has 0 aliphatic heterocycles. The first-order chi connectivity index (χ1) is 5.70. The van der Waals surface area contributed by atoms with Gasteiger partial charge < -0.3 is 10.4 Å². The molecule has 0 bridgehead atoms. The van der Waals surface area contributed by atoms with Crippen molar-refractivity contribution in [2.75, 3.05) is 0 Å². The van der Waals surface area contributed by atoms with Gasteiger partial charge in [-0.25, -0.2) is 4.79 Å². The molecule has 0 aromatic rings. The molecule has 0 saturated carbocycles. The molecule has 0 aromatic heterocycles. The zero-order valence-corrected chi connectivity index (χ0v) is 9.09. The lowest BCUT2D eigenvalue weighted by Crippen LogP contribution is -2.33. The van der Waals surface area contributed by atoms with Gasteiger partial charge in [-0.3, -0.25) is 0 Å². The Labute approximate surface area is 86.1 Å². The van der Waals surface area contributed by atoms with E-state index >= 15 is 0 Å². The van der Waals surface area contributed by atoms with Crippen LogP contribution in [0.4, 0.5) is 4.79 Å². The molecule has 0 heterocycles. The fourth-order valence-electron chi connectivity index (χ4n) is 0.910. The van der Waals surface area contributed by atoms with E-state index in [2.05, 4.69) is 15.2 Å². The number of rotatable bonds is 4.